The number of likely N-dealkylation sites (tertiary alicyclic amines) is 1. The Labute approximate surface area is 153 Å². The van der Waals surface area contributed by atoms with Crippen LogP contribution in [0.15, 0.2) is 0 Å². The number of hydrogen-bond acceptors (Lipinski definition) is 4. The van der Waals surface area contributed by atoms with E-state index in [9.17, 15) is 4.79 Å². The Morgan fingerprint density at radius 3 is 2.54 bits per heavy atom. The van der Waals surface area contributed by atoms with Gasteiger partial charge in [-0.2, -0.15) is 11.8 Å². The quantitative estimate of drug-likeness (QED) is 0.701. The number of likely N-dealkylation sites (N-methyl/N-ethyl adjacent to an activating group) is 1. The monoisotopic (exact) mass is 355 g/mol. The van der Waals surface area contributed by atoms with Crippen molar-refractivity contribution in [1.29, 1.82) is 0 Å². The molecule has 0 saturated carbocycles. The lowest BCUT2D eigenvalue weighted by atomic mass is 9.83. The fourth-order valence-electron chi connectivity index (χ4n) is 4.02. The van der Waals surface area contributed by atoms with Crippen LogP contribution in [0.1, 0.15) is 52.4 Å². The Morgan fingerprint density at radius 1 is 1.21 bits per heavy atom. The summed E-state index contributed by atoms with van der Waals surface area (Å²) < 4.78 is 0. The molecule has 1 spiro atoms. The number of rotatable bonds is 7. The van der Waals surface area contributed by atoms with E-state index >= 15 is 0 Å². The molecule has 0 N–H and O–H groups in total. The normalized spacial score (nSPS) is 23.6. The van der Waals surface area contributed by atoms with E-state index in [1.165, 1.54) is 26.1 Å². The highest BCUT2D eigenvalue weighted by atomic mass is 32.2. The van der Waals surface area contributed by atoms with Crippen molar-refractivity contribution in [1.82, 2.24) is 14.7 Å². The van der Waals surface area contributed by atoms with Gasteiger partial charge in [-0.15, -0.1) is 0 Å². The minimum absolute atomic E-state index is 0.294. The van der Waals surface area contributed by atoms with Crippen LogP contribution in [-0.2, 0) is 4.79 Å². The van der Waals surface area contributed by atoms with Gasteiger partial charge in [0, 0.05) is 49.9 Å². The maximum atomic E-state index is 12.3. The predicted octanol–water partition coefficient (Wildman–Crippen LogP) is 2.93. The van der Waals surface area contributed by atoms with E-state index < -0.39 is 0 Å². The van der Waals surface area contributed by atoms with Crippen molar-refractivity contribution in [3.8, 4) is 0 Å². The van der Waals surface area contributed by atoms with Gasteiger partial charge in [0.2, 0.25) is 5.91 Å². The summed E-state index contributed by atoms with van der Waals surface area (Å²) >= 11 is 1.97. The molecule has 0 aromatic carbocycles. The van der Waals surface area contributed by atoms with Crippen molar-refractivity contribution in [2.24, 2.45) is 0 Å². The molecule has 2 saturated heterocycles. The second-order valence-electron chi connectivity index (χ2n) is 7.74. The highest BCUT2D eigenvalue weighted by Crippen LogP contribution is 2.32. The maximum Gasteiger partial charge on any atom is 0.222 e. The highest BCUT2D eigenvalue weighted by molar-refractivity contribution is 7.99. The Hall–Kier alpha value is -0.260. The van der Waals surface area contributed by atoms with Gasteiger partial charge in [-0.1, -0.05) is 20.3 Å². The molecule has 140 valence electrons. The summed E-state index contributed by atoms with van der Waals surface area (Å²) in [6, 6.07) is 0. The maximum absolute atomic E-state index is 12.3. The lowest BCUT2D eigenvalue weighted by Gasteiger charge is -2.53. The first kappa shape index (κ1) is 20.1. The van der Waals surface area contributed by atoms with Gasteiger partial charge < -0.3 is 9.80 Å². The summed E-state index contributed by atoms with van der Waals surface area (Å²) in [6.45, 7) is 11.1. The van der Waals surface area contributed by atoms with Crippen molar-refractivity contribution >= 4 is 17.7 Å². The number of carbonyl (C=O) groups is 1. The van der Waals surface area contributed by atoms with Crippen LogP contribution in [0.25, 0.3) is 0 Å². The lowest BCUT2D eigenvalue weighted by molar-refractivity contribution is -0.135. The van der Waals surface area contributed by atoms with Crippen LogP contribution in [0.5, 0.6) is 0 Å². The summed E-state index contributed by atoms with van der Waals surface area (Å²) in [5.41, 5.74) is 0.294. The molecule has 0 bridgehead atoms. The summed E-state index contributed by atoms with van der Waals surface area (Å²) in [6.07, 6.45) is 8.63. The van der Waals surface area contributed by atoms with E-state index in [1.54, 1.807) is 0 Å². The number of nitrogens with zero attached hydrogens (tertiary/aromatic N) is 3. The summed E-state index contributed by atoms with van der Waals surface area (Å²) in [4.78, 5) is 19.6. The third-order valence-corrected chi connectivity index (χ3v) is 7.17. The zero-order chi connectivity index (χ0) is 17.6. The fraction of sp³-hybridized carbons (Fsp3) is 0.947. The predicted molar refractivity (Wildman–Crippen MR) is 105 cm³/mol. The summed E-state index contributed by atoms with van der Waals surface area (Å²) in [5, 5.41) is 0.749. The summed E-state index contributed by atoms with van der Waals surface area (Å²) in [7, 11) is 2.29. The number of amides is 1. The number of thioether (sulfide) groups is 1. The first-order valence-corrected chi connectivity index (χ1v) is 11.0. The van der Waals surface area contributed by atoms with Crippen LogP contribution in [0, 0.1) is 0 Å². The number of carbonyl (C=O) groups excluding carboxylic acids is 1. The third-order valence-electron chi connectivity index (χ3n) is 6.12. The SMILES string of the molecule is CCCCC(=O)N1CCC2(CC1)CN(CC[C@@H](C)SC)CCN2C. The second-order valence-corrected chi connectivity index (χ2v) is 9.02. The molecule has 1 atom stereocenters. The molecule has 0 unspecified atom stereocenters. The molecule has 2 heterocycles. The molecule has 2 aliphatic heterocycles. The van der Waals surface area contributed by atoms with Crippen LogP contribution in [0.3, 0.4) is 0 Å². The summed E-state index contributed by atoms with van der Waals surface area (Å²) in [5.74, 6) is 0.371. The van der Waals surface area contributed by atoms with E-state index in [0.717, 1.165) is 57.0 Å². The molecule has 1 amide bonds. The van der Waals surface area contributed by atoms with E-state index in [4.69, 9.17) is 0 Å². The Kier molecular flexibility index (Phi) is 7.89. The molecular weight excluding hydrogens is 318 g/mol. The van der Waals surface area contributed by atoms with Gasteiger partial charge in [-0.3, -0.25) is 9.69 Å². The molecular formula is C19H37N3OS. The smallest absolute Gasteiger partial charge is 0.222 e. The van der Waals surface area contributed by atoms with Crippen LogP contribution >= 0.6 is 11.8 Å². The average molecular weight is 356 g/mol. The van der Waals surface area contributed by atoms with Crippen molar-refractivity contribution in [2.45, 2.75) is 63.2 Å². The van der Waals surface area contributed by atoms with Gasteiger partial charge in [0.15, 0.2) is 0 Å². The first-order chi connectivity index (χ1) is 11.5. The third kappa shape index (κ3) is 5.12. The van der Waals surface area contributed by atoms with Crippen LogP contribution < -0.4 is 0 Å². The molecule has 0 aromatic rings. The molecule has 4 nitrogen and oxygen atoms in total. The van der Waals surface area contributed by atoms with Gasteiger partial charge >= 0.3 is 0 Å². The van der Waals surface area contributed by atoms with E-state index in [1.807, 2.05) is 11.8 Å². The molecule has 24 heavy (non-hydrogen) atoms. The Bertz CT molecular complexity index is 396. The van der Waals surface area contributed by atoms with Crippen LogP contribution in [0.2, 0.25) is 0 Å². The van der Waals surface area contributed by atoms with E-state index in [-0.39, 0.29) is 0 Å². The van der Waals surface area contributed by atoms with Crippen LogP contribution in [-0.4, -0.2) is 84.0 Å². The standard InChI is InChI=1S/C19H37N3OS/c1-5-6-7-18(23)22-12-9-19(10-13-22)16-21(15-14-20(19)3)11-8-17(2)24-4/h17H,5-16H2,1-4H3/t17-/m1/s1. The van der Waals surface area contributed by atoms with Gasteiger partial charge in [-0.05, 0) is 45.5 Å². The van der Waals surface area contributed by atoms with Crippen molar-refractivity contribution in [3.05, 3.63) is 0 Å². The largest absolute Gasteiger partial charge is 0.343 e. The fourth-order valence-corrected chi connectivity index (χ4v) is 4.36. The lowest BCUT2D eigenvalue weighted by Crippen LogP contribution is -2.64. The zero-order valence-electron chi connectivity index (χ0n) is 16.2. The number of hydrogen-bond donors (Lipinski definition) is 0. The van der Waals surface area contributed by atoms with Crippen molar-refractivity contribution in [2.75, 3.05) is 52.6 Å². The minimum atomic E-state index is 0.294. The van der Waals surface area contributed by atoms with E-state index in [2.05, 4.69) is 41.9 Å². The minimum Gasteiger partial charge on any atom is -0.343 e. The number of piperazine rings is 1. The van der Waals surface area contributed by atoms with Crippen LogP contribution in [0.4, 0.5) is 0 Å². The van der Waals surface area contributed by atoms with Crippen molar-refractivity contribution < 1.29 is 4.79 Å². The van der Waals surface area contributed by atoms with E-state index in [0.29, 0.717) is 11.4 Å². The molecule has 2 fully saturated rings. The first-order valence-electron chi connectivity index (χ1n) is 9.75. The molecule has 0 radical (unpaired) electrons. The van der Waals surface area contributed by atoms with Gasteiger partial charge in [0.25, 0.3) is 0 Å². The molecule has 0 aromatic heterocycles. The Balaban J connectivity index is 1.86. The molecule has 0 aliphatic carbocycles. The molecule has 2 aliphatic rings. The second kappa shape index (κ2) is 9.44. The van der Waals surface area contributed by atoms with Gasteiger partial charge in [0.1, 0.15) is 0 Å². The van der Waals surface area contributed by atoms with Crippen molar-refractivity contribution in [3.63, 3.8) is 0 Å². The molecule has 2 rings (SSSR count). The van der Waals surface area contributed by atoms with Gasteiger partial charge in [-0.25, -0.2) is 0 Å². The zero-order valence-corrected chi connectivity index (χ0v) is 17.0. The average Bonchev–Trinajstić information content (AvgIpc) is 2.61. The highest BCUT2D eigenvalue weighted by Gasteiger charge is 2.42. The number of piperidine rings is 1. The number of unbranched alkanes of at least 4 members (excludes halogenated alkanes) is 1. The Morgan fingerprint density at radius 2 is 1.92 bits per heavy atom. The molecule has 5 heteroatoms. The van der Waals surface area contributed by atoms with Gasteiger partial charge in [0.05, 0.1) is 0 Å². The topological polar surface area (TPSA) is 26.8 Å².